The van der Waals surface area contributed by atoms with Gasteiger partial charge in [0.1, 0.15) is 0 Å². The van der Waals surface area contributed by atoms with Gasteiger partial charge in [-0.05, 0) is 24.3 Å². The highest BCUT2D eigenvalue weighted by molar-refractivity contribution is 5.94. The first-order valence-electron chi connectivity index (χ1n) is 4.47. The topological polar surface area (TPSA) is 78.4 Å². The second-order valence-corrected chi connectivity index (χ2v) is 2.82. The molecule has 0 aliphatic rings. The lowest BCUT2D eigenvalue weighted by molar-refractivity contribution is -0.105. The quantitative estimate of drug-likeness (QED) is 0.595. The summed E-state index contributed by atoms with van der Waals surface area (Å²) < 4.78 is 0. The maximum atomic E-state index is 11.4. The minimum absolute atomic E-state index is 0.0868. The van der Waals surface area contributed by atoms with E-state index in [1.165, 1.54) is 0 Å². The molecule has 0 aromatic heterocycles. The van der Waals surface area contributed by atoms with Crippen molar-refractivity contribution in [2.45, 2.75) is 0 Å². The molecule has 1 aromatic rings. The van der Waals surface area contributed by atoms with Crippen molar-refractivity contribution in [1.29, 1.82) is 0 Å². The summed E-state index contributed by atoms with van der Waals surface area (Å²) in [4.78, 5) is 21.5. The SMILES string of the molecule is O=CNc1ccc(C(=O)NCCO)cc1. The van der Waals surface area contributed by atoms with Crippen LogP contribution in [0.3, 0.4) is 0 Å². The number of aliphatic hydroxyl groups is 1. The van der Waals surface area contributed by atoms with Gasteiger partial charge in [-0.1, -0.05) is 0 Å². The zero-order chi connectivity index (χ0) is 11.1. The standard InChI is InChI=1S/C10H12N2O3/c13-6-5-11-10(15)8-1-3-9(4-2-8)12-7-14/h1-4,7,13H,5-6H2,(H,11,15)(H,12,14). The number of benzene rings is 1. The first kappa shape index (κ1) is 11.2. The number of aliphatic hydroxyl groups excluding tert-OH is 1. The highest BCUT2D eigenvalue weighted by Crippen LogP contribution is 2.08. The second kappa shape index (κ2) is 5.77. The molecule has 0 aliphatic carbocycles. The van der Waals surface area contributed by atoms with E-state index in [0.29, 0.717) is 17.7 Å². The maximum absolute atomic E-state index is 11.4. The predicted molar refractivity (Wildman–Crippen MR) is 55.5 cm³/mol. The molecule has 0 saturated heterocycles. The molecule has 0 unspecified atom stereocenters. The van der Waals surface area contributed by atoms with Gasteiger partial charge < -0.3 is 15.7 Å². The largest absolute Gasteiger partial charge is 0.395 e. The van der Waals surface area contributed by atoms with Gasteiger partial charge in [0.2, 0.25) is 6.41 Å². The Kier molecular flexibility index (Phi) is 4.30. The van der Waals surface area contributed by atoms with E-state index in [0.717, 1.165) is 0 Å². The summed E-state index contributed by atoms with van der Waals surface area (Å²) in [5.74, 6) is -0.248. The van der Waals surface area contributed by atoms with E-state index < -0.39 is 0 Å². The van der Waals surface area contributed by atoms with Gasteiger partial charge in [-0.25, -0.2) is 0 Å². The minimum Gasteiger partial charge on any atom is -0.395 e. The third-order valence-electron chi connectivity index (χ3n) is 1.77. The maximum Gasteiger partial charge on any atom is 0.251 e. The third kappa shape index (κ3) is 3.40. The summed E-state index contributed by atoms with van der Waals surface area (Å²) in [6, 6.07) is 6.45. The summed E-state index contributed by atoms with van der Waals surface area (Å²) in [6.07, 6.45) is 0.570. The summed E-state index contributed by atoms with van der Waals surface area (Å²) in [5.41, 5.74) is 1.11. The molecule has 5 heteroatoms. The van der Waals surface area contributed by atoms with E-state index in [2.05, 4.69) is 10.6 Å². The van der Waals surface area contributed by atoms with Crippen molar-refractivity contribution < 1.29 is 14.7 Å². The number of carbonyl (C=O) groups is 2. The highest BCUT2D eigenvalue weighted by atomic mass is 16.3. The van der Waals surface area contributed by atoms with Crippen LogP contribution >= 0.6 is 0 Å². The molecule has 0 fully saturated rings. The molecule has 15 heavy (non-hydrogen) atoms. The molecule has 0 bridgehead atoms. The summed E-state index contributed by atoms with van der Waals surface area (Å²) in [5, 5.41) is 13.5. The van der Waals surface area contributed by atoms with Gasteiger partial charge in [0.15, 0.2) is 0 Å². The van der Waals surface area contributed by atoms with Crippen LogP contribution in [-0.2, 0) is 4.79 Å². The van der Waals surface area contributed by atoms with Gasteiger partial charge in [0.05, 0.1) is 6.61 Å². The van der Waals surface area contributed by atoms with Crippen molar-refractivity contribution in [3.8, 4) is 0 Å². The number of hydrogen-bond acceptors (Lipinski definition) is 3. The van der Waals surface area contributed by atoms with Gasteiger partial charge in [-0.3, -0.25) is 9.59 Å². The normalized spacial score (nSPS) is 9.40. The van der Waals surface area contributed by atoms with Gasteiger partial charge in [-0.2, -0.15) is 0 Å². The molecule has 0 radical (unpaired) electrons. The van der Waals surface area contributed by atoms with Crippen LogP contribution in [0, 0.1) is 0 Å². The molecule has 0 heterocycles. The van der Waals surface area contributed by atoms with Crippen molar-refractivity contribution in [3.05, 3.63) is 29.8 Å². The van der Waals surface area contributed by atoms with Crippen LogP contribution in [-0.4, -0.2) is 30.6 Å². The first-order valence-corrected chi connectivity index (χ1v) is 4.47. The van der Waals surface area contributed by atoms with Gasteiger partial charge in [0, 0.05) is 17.8 Å². The average Bonchev–Trinajstić information content (AvgIpc) is 2.27. The van der Waals surface area contributed by atoms with Crippen molar-refractivity contribution in [2.75, 3.05) is 18.5 Å². The first-order chi connectivity index (χ1) is 7.27. The van der Waals surface area contributed by atoms with Crippen molar-refractivity contribution in [3.63, 3.8) is 0 Å². The number of hydrogen-bond donors (Lipinski definition) is 3. The lowest BCUT2D eigenvalue weighted by Gasteiger charge is -2.03. The van der Waals surface area contributed by atoms with E-state index in [4.69, 9.17) is 5.11 Å². The number of amides is 2. The minimum atomic E-state index is -0.248. The lowest BCUT2D eigenvalue weighted by Crippen LogP contribution is -2.26. The summed E-state index contributed by atoms with van der Waals surface area (Å²) in [7, 11) is 0. The Bertz CT molecular complexity index is 335. The number of carbonyl (C=O) groups excluding carboxylic acids is 2. The van der Waals surface area contributed by atoms with E-state index in [1.807, 2.05) is 0 Å². The molecule has 5 nitrogen and oxygen atoms in total. The third-order valence-corrected chi connectivity index (χ3v) is 1.77. The summed E-state index contributed by atoms with van der Waals surface area (Å²) >= 11 is 0. The van der Waals surface area contributed by atoms with Crippen molar-refractivity contribution >= 4 is 18.0 Å². The zero-order valence-electron chi connectivity index (χ0n) is 8.06. The molecule has 1 rings (SSSR count). The molecule has 0 aliphatic heterocycles. The van der Waals surface area contributed by atoms with Crippen LogP contribution in [0.25, 0.3) is 0 Å². The smallest absolute Gasteiger partial charge is 0.251 e. The number of rotatable bonds is 5. The Balaban J connectivity index is 2.62. The molecule has 2 amide bonds. The van der Waals surface area contributed by atoms with Crippen LogP contribution in [0.5, 0.6) is 0 Å². The fraction of sp³-hybridized carbons (Fsp3) is 0.200. The fourth-order valence-electron chi connectivity index (χ4n) is 1.06. The van der Waals surface area contributed by atoms with E-state index in [-0.39, 0.29) is 19.1 Å². The molecular weight excluding hydrogens is 196 g/mol. The Morgan fingerprint density at radius 2 is 2.00 bits per heavy atom. The molecule has 3 N–H and O–H groups in total. The summed E-state index contributed by atoms with van der Waals surface area (Å²) in [6.45, 7) is 0.143. The highest BCUT2D eigenvalue weighted by Gasteiger charge is 2.03. The van der Waals surface area contributed by atoms with Crippen LogP contribution in [0.15, 0.2) is 24.3 Å². The number of nitrogens with one attached hydrogen (secondary N) is 2. The predicted octanol–water partition coefficient (Wildman–Crippen LogP) is -0.0230. The van der Waals surface area contributed by atoms with Crippen molar-refractivity contribution in [2.24, 2.45) is 0 Å². The van der Waals surface area contributed by atoms with Crippen LogP contribution < -0.4 is 10.6 Å². The van der Waals surface area contributed by atoms with E-state index in [1.54, 1.807) is 24.3 Å². The van der Waals surface area contributed by atoms with Crippen LogP contribution in [0.4, 0.5) is 5.69 Å². The van der Waals surface area contributed by atoms with Crippen LogP contribution in [0.1, 0.15) is 10.4 Å². The Labute approximate surface area is 87.1 Å². The van der Waals surface area contributed by atoms with E-state index >= 15 is 0 Å². The Morgan fingerprint density at radius 1 is 1.33 bits per heavy atom. The molecular formula is C10H12N2O3. The Hall–Kier alpha value is -1.88. The number of anilines is 1. The second-order valence-electron chi connectivity index (χ2n) is 2.82. The van der Waals surface area contributed by atoms with Gasteiger partial charge in [0.25, 0.3) is 5.91 Å². The van der Waals surface area contributed by atoms with E-state index in [9.17, 15) is 9.59 Å². The molecule has 80 valence electrons. The van der Waals surface area contributed by atoms with Gasteiger partial charge >= 0.3 is 0 Å². The fourth-order valence-corrected chi connectivity index (χ4v) is 1.06. The molecule has 0 saturated carbocycles. The Morgan fingerprint density at radius 3 is 2.53 bits per heavy atom. The molecule has 0 atom stereocenters. The van der Waals surface area contributed by atoms with Crippen molar-refractivity contribution in [1.82, 2.24) is 5.32 Å². The molecule has 0 spiro atoms. The van der Waals surface area contributed by atoms with Gasteiger partial charge in [-0.15, -0.1) is 0 Å². The zero-order valence-corrected chi connectivity index (χ0v) is 8.06. The lowest BCUT2D eigenvalue weighted by atomic mass is 10.2. The molecule has 1 aromatic carbocycles. The average molecular weight is 208 g/mol. The van der Waals surface area contributed by atoms with Crippen LogP contribution in [0.2, 0.25) is 0 Å². The monoisotopic (exact) mass is 208 g/mol.